The summed E-state index contributed by atoms with van der Waals surface area (Å²) in [5, 5.41) is 20.4. The maximum Gasteiger partial charge on any atom is 0.176 e. The topological polar surface area (TPSA) is 65.3 Å². The summed E-state index contributed by atoms with van der Waals surface area (Å²) in [5.41, 5.74) is -0.728. The Hall–Kier alpha value is -0.790. The van der Waals surface area contributed by atoms with Crippen molar-refractivity contribution in [2.75, 3.05) is 19.8 Å². The fourth-order valence-electron chi connectivity index (χ4n) is 1.13. The second-order valence-corrected chi connectivity index (χ2v) is 2.80. The van der Waals surface area contributed by atoms with E-state index in [0.29, 0.717) is 32.6 Å². The van der Waals surface area contributed by atoms with E-state index in [0.717, 1.165) is 0 Å². The van der Waals surface area contributed by atoms with Crippen LogP contribution in [0.15, 0.2) is 0 Å². The molecule has 1 fully saturated rings. The summed E-state index contributed by atoms with van der Waals surface area (Å²) in [7, 11) is 0. The molecule has 1 heterocycles. The lowest BCUT2D eigenvalue weighted by Gasteiger charge is -2.31. The molecule has 0 amide bonds. The minimum Gasteiger partial charge on any atom is -0.388 e. The molecule has 4 nitrogen and oxygen atoms in total. The van der Waals surface area contributed by atoms with E-state index in [9.17, 15) is 5.11 Å². The van der Waals surface area contributed by atoms with Crippen molar-refractivity contribution in [3.05, 3.63) is 0 Å². The molecule has 0 radical (unpaired) electrons. The van der Waals surface area contributed by atoms with Crippen molar-refractivity contribution >= 4 is 0 Å². The summed E-state index contributed by atoms with van der Waals surface area (Å²) in [6.45, 7) is 1.51. The fraction of sp³-hybridized carbons (Fsp3) is 0.857. The highest BCUT2D eigenvalue weighted by Gasteiger charge is 2.29. The molecule has 1 aliphatic rings. The molecule has 0 aromatic heterocycles. The zero-order valence-electron chi connectivity index (χ0n) is 6.34. The molecule has 1 rings (SSSR count). The number of aliphatic hydroxyl groups is 1. The number of ether oxygens (including phenoxy) is 1. The Kier molecular flexibility index (Phi) is 2.69. The maximum atomic E-state index is 9.71. The smallest absolute Gasteiger partial charge is 0.176 e. The third kappa shape index (κ3) is 2.37. The number of hydrogen-bond donors (Lipinski definition) is 2. The van der Waals surface area contributed by atoms with Crippen LogP contribution in [0.25, 0.3) is 0 Å². The maximum absolute atomic E-state index is 9.71. The molecule has 0 aromatic carbocycles. The average Bonchev–Trinajstić information content (AvgIpc) is 2.03. The summed E-state index contributed by atoms with van der Waals surface area (Å²) in [6.07, 6.45) is 3.01. The summed E-state index contributed by atoms with van der Waals surface area (Å²) in [6, 6.07) is 0. The van der Waals surface area contributed by atoms with Crippen LogP contribution in [-0.4, -0.2) is 30.5 Å². The van der Waals surface area contributed by atoms with E-state index in [2.05, 4.69) is 5.32 Å². The molecule has 0 bridgehead atoms. The second-order valence-electron chi connectivity index (χ2n) is 2.80. The Morgan fingerprint density at radius 1 is 1.55 bits per heavy atom. The molecular formula is C7H12N2O2. The number of nitriles is 1. The van der Waals surface area contributed by atoms with E-state index in [1.165, 1.54) is 0 Å². The monoisotopic (exact) mass is 156 g/mol. The molecule has 0 unspecified atom stereocenters. The second kappa shape index (κ2) is 3.56. The summed E-state index contributed by atoms with van der Waals surface area (Å²) >= 11 is 0. The Bertz CT molecular complexity index is 158. The SMILES string of the molecule is N#CNCC1(O)CCOCC1. The first-order valence-corrected chi connectivity index (χ1v) is 3.69. The molecular weight excluding hydrogens is 144 g/mol. The van der Waals surface area contributed by atoms with Gasteiger partial charge < -0.3 is 15.2 Å². The van der Waals surface area contributed by atoms with Gasteiger partial charge in [-0.3, -0.25) is 0 Å². The van der Waals surface area contributed by atoms with E-state index in [1.54, 1.807) is 6.19 Å². The van der Waals surface area contributed by atoms with Gasteiger partial charge in [0.1, 0.15) is 0 Å². The van der Waals surface area contributed by atoms with Gasteiger partial charge in [-0.15, -0.1) is 0 Å². The van der Waals surface area contributed by atoms with Crippen LogP contribution in [0.2, 0.25) is 0 Å². The lowest BCUT2D eigenvalue weighted by Crippen LogP contribution is -2.43. The Labute approximate surface area is 65.8 Å². The first kappa shape index (κ1) is 8.31. The van der Waals surface area contributed by atoms with Crippen molar-refractivity contribution in [1.29, 1.82) is 5.26 Å². The van der Waals surface area contributed by atoms with Gasteiger partial charge in [0.25, 0.3) is 0 Å². The molecule has 1 aliphatic heterocycles. The largest absolute Gasteiger partial charge is 0.388 e. The minimum absolute atomic E-state index is 0.340. The number of hydrogen-bond acceptors (Lipinski definition) is 4. The Morgan fingerprint density at radius 3 is 2.73 bits per heavy atom. The molecule has 62 valence electrons. The highest BCUT2D eigenvalue weighted by Crippen LogP contribution is 2.18. The number of rotatable bonds is 2. The third-order valence-corrected chi connectivity index (χ3v) is 1.92. The van der Waals surface area contributed by atoms with Gasteiger partial charge in [-0.2, -0.15) is 5.26 Å². The van der Waals surface area contributed by atoms with Gasteiger partial charge in [0.05, 0.1) is 12.1 Å². The highest BCUT2D eigenvalue weighted by atomic mass is 16.5. The van der Waals surface area contributed by atoms with Crippen LogP contribution in [0.3, 0.4) is 0 Å². The van der Waals surface area contributed by atoms with Gasteiger partial charge in [0.2, 0.25) is 0 Å². The lowest BCUT2D eigenvalue weighted by molar-refractivity contribution is -0.0597. The van der Waals surface area contributed by atoms with Gasteiger partial charge in [-0.25, -0.2) is 0 Å². The van der Waals surface area contributed by atoms with Crippen LogP contribution in [0.4, 0.5) is 0 Å². The van der Waals surface area contributed by atoms with Gasteiger partial charge in [0, 0.05) is 26.1 Å². The average molecular weight is 156 g/mol. The lowest BCUT2D eigenvalue weighted by atomic mass is 9.95. The quantitative estimate of drug-likeness (QED) is 0.421. The predicted octanol–water partition coefficient (Wildman–Crippen LogP) is -0.401. The third-order valence-electron chi connectivity index (χ3n) is 1.92. The summed E-state index contributed by atoms with van der Waals surface area (Å²) in [4.78, 5) is 0. The van der Waals surface area contributed by atoms with E-state index in [4.69, 9.17) is 10.00 Å². The minimum atomic E-state index is -0.728. The first-order chi connectivity index (χ1) is 5.27. The molecule has 11 heavy (non-hydrogen) atoms. The molecule has 0 atom stereocenters. The van der Waals surface area contributed by atoms with Crippen molar-refractivity contribution in [2.45, 2.75) is 18.4 Å². The Morgan fingerprint density at radius 2 is 2.18 bits per heavy atom. The van der Waals surface area contributed by atoms with Crippen molar-refractivity contribution in [1.82, 2.24) is 5.32 Å². The van der Waals surface area contributed by atoms with Gasteiger partial charge >= 0.3 is 0 Å². The molecule has 0 aromatic rings. The first-order valence-electron chi connectivity index (χ1n) is 3.69. The van der Waals surface area contributed by atoms with Gasteiger partial charge in [-0.05, 0) is 0 Å². The van der Waals surface area contributed by atoms with Gasteiger partial charge in [-0.1, -0.05) is 0 Å². The van der Waals surface area contributed by atoms with E-state index in [-0.39, 0.29) is 0 Å². The number of nitrogens with one attached hydrogen (secondary N) is 1. The standard InChI is InChI=1S/C7H12N2O2/c8-6-9-5-7(10)1-3-11-4-2-7/h9-10H,1-5H2. The zero-order valence-corrected chi connectivity index (χ0v) is 6.34. The zero-order chi connectivity index (χ0) is 8.16. The highest BCUT2D eigenvalue weighted by molar-refractivity contribution is 4.85. The van der Waals surface area contributed by atoms with Crippen molar-refractivity contribution in [3.8, 4) is 6.19 Å². The molecule has 2 N–H and O–H groups in total. The van der Waals surface area contributed by atoms with Crippen LogP contribution < -0.4 is 5.32 Å². The van der Waals surface area contributed by atoms with Crippen LogP contribution >= 0.6 is 0 Å². The van der Waals surface area contributed by atoms with Crippen LogP contribution in [0.5, 0.6) is 0 Å². The van der Waals surface area contributed by atoms with Gasteiger partial charge in [0.15, 0.2) is 6.19 Å². The summed E-state index contributed by atoms with van der Waals surface area (Å²) in [5.74, 6) is 0. The van der Waals surface area contributed by atoms with E-state index in [1.807, 2.05) is 0 Å². The molecule has 1 saturated heterocycles. The number of nitrogens with zero attached hydrogens (tertiary/aromatic N) is 1. The molecule has 0 saturated carbocycles. The predicted molar refractivity (Wildman–Crippen MR) is 38.6 cm³/mol. The van der Waals surface area contributed by atoms with E-state index >= 15 is 0 Å². The fourth-order valence-corrected chi connectivity index (χ4v) is 1.13. The normalized spacial score (nSPS) is 22.2. The van der Waals surface area contributed by atoms with Crippen LogP contribution in [0, 0.1) is 11.5 Å². The summed E-state index contributed by atoms with van der Waals surface area (Å²) < 4.78 is 5.07. The van der Waals surface area contributed by atoms with Crippen LogP contribution in [0.1, 0.15) is 12.8 Å². The molecule has 0 aliphatic carbocycles. The van der Waals surface area contributed by atoms with Crippen LogP contribution in [-0.2, 0) is 4.74 Å². The molecule has 0 spiro atoms. The van der Waals surface area contributed by atoms with E-state index < -0.39 is 5.60 Å². The molecule has 4 heteroatoms. The van der Waals surface area contributed by atoms with Crippen molar-refractivity contribution < 1.29 is 9.84 Å². The Balaban J connectivity index is 2.32. The van der Waals surface area contributed by atoms with Crippen molar-refractivity contribution in [2.24, 2.45) is 0 Å². The van der Waals surface area contributed by atoms with Crippen molar-refractivity contribution in [3.63, 3.8) is 0 Å².